The molecule has 3 aromatic carbocycles. The van der Waals surface area contributed by atoms with E-state index >= 15 is 0 Å². The molecule has 0 aliphatic rings. The monoisotopic (exact) mass is 415 g/mol. The Morgan fingerprint density at radius 3 is 2.52 bits per heavy atom. The number of carbonyl (C=O) groups is 1. The molecule has 0 aliphatic heterocycles. The van der Waals surface area contributed by atoms with Crippen LogP contribution in [0.3, 0.4) is 0 Å². The molecular formula is C25H25N3O3. The van der Waals surface area contributed by atoms with Gasteiger partial charge in [-0.1, -0.05) is 6.07 Å². The van der Waals surface area contributed by atoms with E-state index in [0.717, 1.165) is 18.7 Å². The van der Waals surface area contributed by atoms with E-state index in [-0.39, 0.29) is 5.91 Å². The van der Waals surface area contributed by atoms with Gasteiger partial charge in [-0.05, 0) is 74.5 Å². The predicted molar refractivity (Wildman–Crippen MR) is 124 cm³/mol. The molecule has 1 heterocycles. The van der Waals surface area contributed by atoms with Crippen molar-refractivity contribution < 1.29 is 13.9 Å². The van der Waals surface area contributed by atoms with E-state index in [0.29, 0.717) is 34.0 Å². The highest BCUT2D eigenvalue weighted by molar-refractivity contribution is 6.05. The van der Waals surface area contributed by atoms with Crippen LogP contribution in [0, 0.1) is 0 Å². The van der Waals surface area contributed by atoms with E-state index in [9.17, 15) is 4.79 Å². The minimum atomic E-state index is -0.214. The number of nitrogens with one attached hydrogen (secondary N) is 1. The SMILES string of the molecule is CCN(CC)c1ccc(-c2nc3cc(NC(=O)c4cccc(OC)c4)ccc3o2)cc1. The molecule has 0 saturated carbocycles. The zero-order chi connectivity index (χ0) is 21.8. The van der Waals surface area contributed by atoms with Crippen molar-refractivity contribution in [2.24, 2.45) is 0 Å². The molecule has 0 spiro atoms. The van der Waals surface area contributed by atoms with Gasteiger partial charge in [0, 0.05) is 35.6 Å². The van der Waals surface area contributed by atoms with Crippen LogP contribution < -0.4 is 15.0 Å². The molecule has 0 bridgehead atoms. The van der Waals surface area contributed by atoms with Crippen LogP contribution in [0.2, 0.25) is 0 Å². The number of methoxy groups -OCH3 is 1. The van der Waals surface area contributed by atoms with Crippen molar-refractivity contribution in [2.45, 2.75) is 13.8 Å². The van der Waals surface area contributed by atoms with Crippen molar-refractivity contribution in [3.63, 3.8) is 0 Å². The second-order valence-electron chi connectivity index (χ2n) is 7.11. The van der Waals surface area contributed by atoms with Gasteiger partial charge in [0.05, 0.1) is 7.11 Å². The van der Waals surface area contributed by atoms with Crippen molar-refractivity contribution in [1.82, 2.24) is 4.98 Å². The second kappa shape index (κ2) is 8.92. The molecule has 6 nitrogen and oxygen atoms in total. The minimum absolute atomic E-state index is 0.214. The van der Waals surface area contributed by atoms with E-state index in [1.807, 2.05) is 24.3 Å². The van der Waals surface area contributed by atoms with E-state index in [1.165, 1.54) is 5.69 Å². The van der Waals surface area contributed by atoms with Gasteiger partial charge in [0.2, 0.25) is 5.89 Å². The van der Waals surface area contributed by atoms with Crippen molar-refractivity contribution in [1.29, 1.82) is 0 Å². The Labute approximate surface area is 181 Å². The van der Waals surface area contributed by atoms with Gasteiger partial charge in [-0.2, -0.15) is 0 Å². The van der Waals surface area contributed by atoms with Crippen LogP contribution in [0.25, 0.3) is 22.6 Å². The molecule has 1 N–H and O–H groups in total. The normalized spacial score (nSPS) is 10.8. The lowest BCUT2D eigenvalue weighted by Gasteiger charge is -2.20. The number of rotatable bonds is 7. The maximum Gasteiger partial charge on any atom is 0.255 e. The number of carbonyl (C=O) groups excluding carboxylic acids is 1. The Morgan fingerprint density at radius 2 is 1.81 bits per heavy atom. The third-order valence-electron chi connectivity index (χ3n) is 5.22. The number of aromatic nitrogens is 1. The van der Waals surface area contributed by atoms with Gasteiger partial charge in [-0.3, -0.25) is 4.79 Å². The fourth-order valence-electron chi connectivity index (χ4n) is 3.50. The van der Waals surface area contributed by atoms with Crippen molar-refractivity contribution in [3.8, 4) is 17.2 Å². The number of benzene rings is 3. The van der Waals surface area contributed by atoms with Crippen LogP contribution in [0.4, 0.5) is 11.4 Å². The Bertz CT molecular complexity index is 1190. The van der Waals surface area contributed by atoms with Gasteiger partial charge in [-0.15, -0.1) is 0 Å². The first-order valence-electron chi connectivity index (χ1n) is 10.3. The van der Waals surface area contributed by atoms with E-state index < -0.39 is 0 Å². The topological polar surface area (TPSA) is 67.6 Å². The van der Waals surface area contributed by atoms with Crippen LogP contribution in [0.1, 0.15) is 24.2 Å². The van der Waals surface area contributed by atoms with Crippen molar-refractivity contribution in [2.75, 3.05) is 30.4 Å². The summed E-state index contributed by atoms with van der Waals surface area (Å²) in [5, 5.41) is 2.90. The zero-order valence-corrected chi connectivity index (χ0v) is 17.9. The Hall–Kier alpha value is -3.80. The van der Waals surface area contributed by atoms with Crippen LogP contribution in [-0.4, -0.2) is 31.1 Å². The molecule has 0 unspecified atom stereocenters. The molecule has 158 valence electrons. The summed E-state index contributed by atoms with van der Waals surface area (Å²) < 4.78 is 11.1. The van der Waals surface area contributed by atoms with Gasteiger partial charge in [0.1, 0.15) is 11.3 Å². The highest BCUT2D eigenvalue weighted by Crippen LogP contribution is 2.28. The molecule has 4 aromatic rings. The zero-order valence-electron chi connectivity index (χ0n) is 17.9. The first kappa shape index (κ1) is 20.5. The summed E-state index contributed by atoms with van der Waals surface area (Å²) in [6.45, 7) is 6.21. The highest BCUT2D eigenvalue weighted by Gasteiger charge is 2.12. The van der Waals surface area contributed by atoms with Crippen LogP contribution >= 0.6 is 0 Å². The lowest BCUT2D eigenvalue weighted by atomic mass is 10.2. The molecular weight excluding hydrogens is 390 g/mol. The predicted octanol–water partition coefficient (Wildman–Crippen LogP) is 5.60. The molecule has 1 aromatic heterocycles. The smallest absolute Gasteiger partial charge is 0.255 e. The van der Waals surface area contributed by atoms with Crippen LogP contribution in [-0.2, 0) is 0 Å². The molecule has 31 heavy (non-hydrogen) atoms. The molecule has 0 atom stereocenters. The van der Waals surface area contributed by atoms with Gasteiger partial charge < -0.3 is 19.4 Å². The maximum absolute atomic E-state index is 12.6. The fourth-order valence-corrected chi connectivity index (χ4v) is 3.50. The summed E-state index contributed by atoms with van der Waals surface area (Å²) in [7, 11) is 1.57. The number of ether oxygens (including phenoxy) is 1. The largest absolute Gasteiger partial charge is 0.497 e. The first-order chi connectivity index (χ1) is 15.1. The number of hydrogen-bond acceptors (Lipinski definition) is 5. The number of fused-ring (bicyclic) bond motifs is 1. The number of anilines is 2. The first-order valence-corrected chi connectivity index (χ1v) is 10.3. The number of oxazole rings is 1. The quantitative estimate of drug-likeness (QED) is 0.425. The lowest BCUT2D eigenvalue weighted by molar-refractivity contribution is 0.102. The summed E-state index contributed by atoms with van der Waals surface area (Å²) in [5.41, 5.74) is 4.61. The molecule has 4 rings (SSSR count). The average Bonchev–Trinajstić information content (AvgIpc) is 3.24. The molecule has 0 fully saturated rings. The Balaban J connectivity index is 1.55. The summed E-state index contributed by atoms with van der Waals surface area (Å²) in [6, 6.07) is 20.7. The van der Waals surface area contributed by atoms with E-state index in [2.05, 4.69) is 41.2 Å². The number of amides is 1. The Kier molecular flexibility index (Phi) is 5.89. The standard InChI is InChI=1S/C25H25N3O3/c1-4-28(5-2)20-12-9-17(10-13-20)25-27-22-16-19(11-14-23(22)31-25)26-24(29)18-7-6-8-21(15-18)30-3/h6-16H,4-5H2,1-3H3,(H,26,29). The minimum Gasteiger partial charge on any atom is -0.497 e. The molecule has 0 aliphatic carbocycles. The van der Waals surface area contributed by atoms with Gasteiger partial charge in [-0.25, -0.2) is 4.98 Å². The number of hydrogen-bond donors (Lipinski definition) is 1. The number of nitrogens with zero attached hydrogens (tertiary/aromatic N) is 2. The van der Waals surface area contributed by atoms with Gasteiger partial charge in [0.25, 0.3) is 5.91 Å². The molecule has 0 saturated heterocycles. The summed E-state index contributed by atoms with van der Waals surface area (Å²) in [5.74, 6) is 0.975. The van der Waals surface area contributed by atoms with E-state index in [1.54, 1.807) is 37.4 Å². The molecule has 0 radical (unpaired) electrons. The summed E-state index contributed by atoms with van der Waals surface area (Å²) in [6.07, 6.45) is 0. The van der Waals surface area contributed by atoms with E-state index in [4.69, 9.17) is 9.15 Å². The third kappa shape index (κ3) is 4.38. The summed E-state index contributed by atoms with van der Waals surface area (Å²) >= 11 is 0. The molecule has 1 amide bonds. The Morgan fingerprint density at radius 1 is 1.03 bits per heavy atom. The van der Waals surface area contributed by atoms with Crippen molar-refractivity contribution >= 4 is 28.4 Å². The second-order valence-corrected chi connectivity index (χ2v) is 7.11. The highest BCUT2D eigenvalue weighted by atomic mass is 16.5. The summed E-state index contributed by atoms with van der Waals surface area (Å²) in [4.78, 5) is 19.5. The van der Waals surface area contributed by atoms with Crippen molar-refractivity contribution in [3.05, 3.63) is 72.3 Å². The molecule has 6 heteroatoms. The van der Waals surface area contributed by atoms with Gasteiger partial charge in [0.15, 0.2) is 5.58 Å². The maximum atomic E-state index is 12.6. The van der Waals surface area contributed by atoms with Gasteiger partial charge >= 0.3 is 0 Å². The van der Waals surface area contributed by atoms with Crippen LogP contribution in [0.5, 0.6) is 5.75 Å². The lowest BCUT2D eigenvalue weighted by Crippen LogP contribution is -2.21. The van der Waals surface area contributed by atoms with Crippen LogP contribution in [0.15, 0.2) is 71.1 Å². The third-order valence-corrected chi connectivity index (χ3v) is 5.22. The fraction of sp³-hybridized carbons (Fsp3) is 0.200. The average molecular weight is 415 g/mol.